The number of rotatable bonds is 8. The number of ether oxygens (including phenoxy) is 2. The minimum absolute atomic E-state index is 0.0285. The molecule has 358 valence electrons. The third-order valence-electron chi connectivity index (χ3n) is 18.5. The number of hydrogen-bond acceptors (Lipinski definition) is 10. The Morgan fingerprint density at radius 1 is 0.692 bits per heavy atom. The van der Waals surface area contributed by atoms with Crippen LogP contribution in [0.2, 0.25) is 0 Å². The van der Waals surface area contributed by atoms with Crippen LogP contribution >= 0.6 is 23.2 Å². The zero-order valence-corrected chi connectivity index (χ0v) is 40.0. The highest BCUT2D eigenvalue weighted by atomic mass is 35.5. The van der Waals surface area contributed by atoms with Gasteiger partial charge in [0.15, 0.2) is 45.7 Å². The van der Waals surface area contributed by atoms with Gasteiger partial charge in [-0.15, -0.1) is 23.2 Å². The summed E-state index contributed by atoms with van der Waals surface area (Å²) in [7, 11) is 0. The smallest absolute Gasteiger partial charge is 0.306 e. The Balaban J connectivity index is 0.000000194. The van der Waals surface area contributed by atoms with E-state index >= 15 is 13.2 Å². The van der Waals surface area contributed by atoms with E-state index in [1.807, 2.05) is 13.8 Å². The van der Waals surface area contributed by atoms with Gasteiger partial charge in [-0.25, -0.2) is 13.2 Å². The lowest BCUT2D eigenvalue weighted by atomic mass is 9.44. The quantitative estimate of drug-likeness (QED) is 0.180. The number of fused-ring (bicyclic) bond motifs is 10. The number of carbonyl (C=O) groups is 6. The van der Waals surface area contributed by atoms with Crippen LogP contribution in [0.3, 0.4) is 0 Å². The summed E-state index contributed by atoms with van der Waals surface area (Å²) < 4.78 is 61.6. The number of aliphatic hydroxyl groups excluding tert-OH is 2. The highest BCUT2D eigenvalue weighted by molar-refractivity contribution is 6.29. The fourth-order valence-corrected chi connectivity index (χ4v) is 15.9. The monoisotopic (exact) mass is 950 g/mol. The minimum atomic E-state index is -2.25. The van der Waals surface area contributed by atoms with Crippen LogP contribution < -0.4 is 0 Å². The van der Waals surface area contributed by atoms with E-state index in [-0.39, 0.29) is 67.0 Å². The SMILES string of the molecule is CCC(=O)O[C@]1(C(=O)CCl)[C@@H](C)C[C@H]2[C@@H]3CCC4=CC(=O)C=C[C@]4(C)[C@@]3(F)[C@@H](O)C[C@@]21C.CCC(=O)O[C@]1(C(=O)CCl)[C@@H](C)C[C@H]2[C@@H]3C[C@H](F)C4=CC(=O)C=C[C@]4(C)[C@@]3(F)[C@@H](O)C[C@@]21C. The molecule has 0 aromatic heterocycles. The second-order valence-corrected chi connectivity index (χ2v) is 21.7. The lowest BCUT2D eigenvalue weighted by Crippen LogP contribution is -2.71. The van der Waals surface area contributed by atoms with Gasteiger partial charge in [-0.05, 0) is 101 Å². The Labute approximate surface area is 389 Å². The largest absolute Gasteiger partial charge is 0.450 e. The number of aliphatic hydroxyl groups is 2. The van der Waals surface area contributed by atoms with Crippen molar-refractivity contribution in [3.8, 4) is 0 Å². The molecular formula is C50H63Cl2F3O10. The molecule has 8 rings (SSSR count). The highest BCUT2D eigenvalue weighted by Gasteiger charge is 2.79. The summed E-state index contributed by atoms with van der Waals surface area (Å²) in [5.41, 5.74) is -11.3. The first kappa shape index (κ1) is 49.8. The van der Waals surface area contributed by atoms with Crippen molar-refractivity contribution in [3.05, 3.63) is 47.6 Å². The van der Waals surface area contributed by atoms with Crippen molar-refractivity contribution in [2.24, 2.45) is 57.2 Å². The predicted octanol–water partition coefficient (Wildman–Crippen LogP) is 8.15. The van der Waals surface area contributed by atoms with E-state index < -0.39 is 116 Å². The van der Waals surface area contributed by atoms with Gasteiger partial charge in [0.2, 0.25) is 0 Å². The number of ketones is 4. The van der Waals surface area contributed by atoms with Crippen LogP contribution in [-0.2, 0) is 38.2 Å². The number of halogens is 5. The minimum Gasteiger partial charge on any atom is -0.450 e. The average molecular weight is 952 g/mol. The Bertz CT molecular complexity index is 2190. The molecule has 0 aromatic rings. The van der Waals surface area contributed by atoms with Crippen LogP contribution in [0.4, 0.5) is 13.2 Å². The molecule has 10 nitrogen and oxygen atoms in total. The molecule has 0 unspecified atom stereocenters. The fraction of sp³-hybridized carbons (Fsp3) is 0.720. The zero-order chi connectivity index (χ0) is 48.2. The molecule has 0 bridgehead atoms. The molecule has 8 aliphatic carbocycles. The molecule has 65 heavy (non-hydrogen) atoms. The molecule has 17 atom stereocenters. The van der Waals surface area contributed by atoms with Crippen molar-refractivity contribution < 1.29 is 61.6 Å². The Morgan fingerprint density at radius 2 is 1.12 bits per heavy atom. The maximum Gasteiger partial charge on any atom is 0.306 e. The highest BCUT2D eigenvalue weighted by Crippen LogP contribution is 2.73. The summed E-state index contributed by atoms with van der Waals surface area (Å²) in [6, 6.07) is 0. The first-order chi connectivity index (χ1) is 30.2. The molecule has 6 saturated carbocycles. The van der Waals surface area contributed by atoms with E-state index in [1.165, 1.54) is 31.2 Å². The van der Waals surface area contributed by atoms with Crippen molar-refractivity contribution in [2.45, 2.75) is 154 Å². The van der Waals surface area contributed by atoms with E-state index in [0.29, 0.717) is 31.3 Å². The molecule has 0 heterocycles. The van der Waals surface area contributed by atoms with E-state index in [1.54, 1.807) is 40.7 Å². The van der Waals surface area contributed by atoms with Crippen LogP contribution in [-0.4, -0.2) is 98.0 Å². The number of allylic oxidation sites excluding steroid dienone is 8. The first-order valence-corrected chi connectivity index (χ1v) is 24.2. The fourth-order valence-electron chi connectivity index (χ4n) is 15.5. The third-order valence-corrected chi connectivity index (χ3v) is 19.0. The number of hydrogen-bond donors (Lipinski definition) is 2. The predicted molar refractivity (Wildman–Crippen MR) is 236 cm³/mol. The lowest BCUT2D eigenvalue weighted by molar-refractivity contribution is -0.230. The van der Waals surface area contributed by atoms with Crippen molar-refractivity contribution >= 4 is 58.3 Å². The Kier molecular flexibility index (Phi) is 12.7. The molecule has 8 aliphatic rings. The summed E-state index contributed by atoms with van der Waals surface area (Å²) >= 11 is 12.0. The Morgan fingerprint density at radius 3 is 1.58 bits per heavy atom. The summed E-state index contributed by atoms with van der Waals surface area (Å²) in [5, 5.41) is 22.8. The van der Waals surface area contributed by atoms with Crippen LogP contribution in [0.1, 0.15) is 113 Å². The van der Waals surface area contributed by atoms with Gasteiger partial charge in [0.1, 0.15) is 6.17 Å². The van der Waals surface area contributed by atoms with Gasteiger partial charge >= 0.3 is 11.9 Å². The van der Waals surface area contributed by atoms with Crippen LogP contribution in [0.5, 0.6) is 0 Å². The van der Waals surface area contributed by atoms with Crippen molar-refractivity contribution in [1.82, 2.24) is 0 Å². The second-order valence-electron chi connectivity index (χ2n) is 21.1. The van der Waals surface area contributed by atoms with E-state index in [9.17, 15) is 39.0 Å². The van der Waals surface area contributed by atoms with Gasteiger partial charge in [-0.3, -0.25) is 28.8 Å². The van der Waals surface area contributed by atoms with Crippen LogP contribution in [0.25, 0.3) is 0 Å². The second kappa shape index (κ2) is 16.5. The van der Waals surface area contributed by atoms with E-state index in [0.717, 1.165) is 6.08 Å². The number of esters is 2. The summed E-state index contributed by atoms with van der Waals surface area (Å²) in [6.07, 6.45) is 5.25. The van der Waals surface area contributed by atoms with Crippen molar-refractivity contribution in [3.63, 3.8) is 0 Å². The van der Waals surface area contributed by atoms with Gasteiger partial charge in [0.25, 0.3) is 0 Å². The maximum absolute atomic E-state index is 17.2. The van der Waals surface area contributed by atoms with Gasteiger partial charge < -0.3 is 19.7 Å². The zero-order valence-electron chi connectivity index (χ0n) is 38.5. The third kappa shape index (κ3) is 6.38. The molecule has 0 radical (unpaired) electrons. The van der Waals surface area contributed by atoms with Crippen molar-refractivity contribution in [1.29, 1.82) is 0 Å². The molecule has 0 amide bonds. The average Bonchev–Trinajstić information content (AvgIpc) is 3.61. The maximum atomic E-state index is 17.2. The molecule has 6 fully saturated rings. The lowest BCUT2D eigenvalue weighted by Gasteiger charge is -2.63. The standard InChI is InChI=1S/C25H31ClF2O5.C25H32ClFO5/c1-5-21(32)33-25(20(31)12-26)13(2)8-15-16-10-18(27)17-9-14(29)6-7-22(17,3)24(16,28)19(30)11-23(15,25)4;1-5-21(31)32-25(20(30)13-26)14(2)10-18-17-7-6-15-11-16(28)8-9-22(15,3)24(17,27)19(29)12-23(18,25)4/h6-7,9,13,15-16,18-19,30H,5,8,10-12H2,1-4H3;8-9,11,14,17-19,29H,5-7,10,12-13H2,1-4H3/t13-,15-,16-,18-,19-,22-,23-,24-,25-;14-,17-,18-,19-,22-,23-,24-,25-/m00/s1. The van der Waals surface area contributed by atoms with E-state index in [2.05, 4.69) is 0 Å². The summed E-state index contributed by atoms with van der Waals surface area (Å²) in [6.45, 7) is 13.8. The molecule has 0 aromatic carbocycles. The Hall–Kier alpha value is -3.13. The molecule has 15 heteroatoms. The van der Waals surface area contributed by atoms with Gasteiger partial charge in [0, 0.05) is 58.2 Å². The topological polar surface area (TPSA) is 161 Å². The first-order valence-electron chi connectivity index (χ1n) is 23.1. The van der Waals surface area contributed by atoms with Crippen molar-refractivity contribution in [2.75, 3.05) is 11.8 Å². The number of carbonyl (C=O) groups excluding carboxylic acids is 6. The normalized spacial score (nSPS) is 47.8. The molecule has 0 aliphatic heterocycles. The molecule has 0 spiro atoms. The summed E-state index contributed by atoms with van der Waals surface area (Å²) in [5.74, 6) is -6.41. The molecular weight excluding hydrogens is 888 g/mol. The number of alkyl halides is 5. The van der Waals surface area contributed by atoms with Gasteiger partial charge in [-0.2, -0.15) is 0 Å². The summed E-state index contributed by atoms with van der Waals surface area (Å²) in [4.78, 5) is 75.4. The molecule has 0 saturated heterocycles. The van der Waals surface area contributed by atoms with Gasteiger partial charge in [0.05, 0.1) is 24.0 Å². The van der Waals surface area contributed by atoms with Crippen LogP contribution in [0.15, 0.2) is 47.6 Å². The van der Waals surface area contributed by atoms with Gasteiger partial charge in [-0.1, -0.05) is 59.3 Å². The van der Waals surface area contributed by atoms with Crippen LogP contribution in [0, 0.1) is 57.2 Å². The van der Waals surface area contributed by atoms with E-state index in [4.69, 9.17) is 32.7 Å². The molecule has 2 N–H and O–H groups in total. The number of Topliss-reactive ketones (excluding diaryl/α,β-unsaturated/α-hetero) is 2.